The number of nitrogens with zero attached hydrogens (tertiary/aromatic N) is 1. The molecule has 1 aliphatic heterocycles. The highest BCUT2D eigenvalue weighted by Crippen LogP contribution is 2.28. The van der Waals surface area contributed by atoms with Gasteiger partial charge in [0.25, 0.3) is 0 Å². The van der Waals surface area contributed by atoms with Crippen LogP contribution in [0.15, 0.2) is 0 Å². The van der Waals surface area contributed by atoms with E-state index >= 15 is 0 Å². The van der Waals surface area contributed by atoms with E-state index in [1.54, 1.807) is 0 Å². The predicted molar refractivity (Wildman–Crippen MR) is 53.0 cm³/mol. The second-order valence-corrected chi connectivity index (χ2v) is 4.48. The second-order valence-electron chi connectivity index (χ2n) is 4.48. The molecule has 1 heterocycles. The van der Waals surface area contributed by atoms with E-state index in [1.807, 2.05) is 7.05 Å². The minimum absolute atomic E-state index is 0.103. The van der Waals surface area contributed by atoms with E-state index < -0.39 is 5.54 Å². The first-order chi connectivity index (χ1) is 6.66. The van der Waals surface area contributed by atoms with Crippen molar-refractivity contribution in [2.45, 2.75) is 30.8 Å². The van der Waals surface area contributed by atoms with Gasteiger partial charge in [-0.25, -0.2) is 0 Å². The molecular formula is C10H18N2O2. The molecular weight excluding hydrogens is 180 g/mol. The highest BCUT2D eigenvalue weighted by Gasteiger charge is 2.47. The van der Waals surface area contributed by atoms with Gasteiger partial charge in [0.1, 0.15) is 5.54 Å². The van der Waals surface area contributed by atoms with Crippen LogP contribution in [0, 0.1) is 0 Å². The van der Waals surface area contributed by atoms with Gasteiger partial charge in [-0.1, -0.05) is 0 Å². The monoisotopic (exact) mass is 198 g/mol. The van der Waals surface area contributed by atoms with E-state index in [0.717, 1.165) is 19.5 Å². The fourth-order valence-corrected chi connectivity index (χ4v) is 2.16. The van der Waals surface area contributed by atoms with Crippen molar-refractivity contribution in [3.8, 4) is 0 Å². The van der Waals surface area contributed by atoms with Crippen molar-refractivity contribution in [3.63, 3.8) is 0 Å². The lowest BCUT2D eigenvalue weighted by atomic mass is 9.98. The Balaban J connectivity index is 2.06. The van der Waals surface area contributed by atoms with E-state index in [1.165, 1.54) is 20.0 Å². The number of carbonyl (C=O) groups excluding carboxylic acids is 1. The van der Waals surface area contributed by atoms with Gasteiger partial charge in [-0.15, -0.1) is 0 Å². The van der Waals surface area contributed by atoms with E-state index in [9.17, 15) is 4.79 Å². The minimum atomic E-state index is -0.426. The first kappa shape index (κ1) is 9.93. The Morgan fingerprint density at radius 2 is 2.29 bits per heavy atom. The molecule has 1 saturated carbocycles. The lowest BCUT2D eigenvalue weighted by molar-refractivity contribution is -0.148. The molecule has 4 heteroatoms. The Bertz CT molecular complexity index is 240. The van der Waals surface area contributed by atoms with Crippen LogP contribution >= 0.6 is 0 Å². The molecule has 80 valence electrons. The zero-order valence-corrected chi connectivity index (χ0v) is 8.88. The Morgan fingerprint density at radius 3 is 2.71 bits per heavy atom. The van der Waals surface area contributed by atoms with Gasteiger partial charge < -0.3 is 9.64 Å². The van der Waals surface area contributed by atoms with Gasteiger partial charge in [0.15, 0.2) is 0 Å². The van der Waals surface area contributed by atoms with E-state index in [4.69, 9.17) is 4.74 Å². The first-order valence-corrected chi connectivity index (χ1v) is 5.21. The van der Waals surface area contributed by atoms with Crippen LogP contribution < -0.4 is 5.32 Å². The molecule has 0 aromatic heterocycles. The third kappa shape index (κ3) is 1.77. The summed E-state index contributed by atoms with van der Waals surface area (Å²) in [5, 5.41) is 3.43. The summed E-state index contributed by atoms with van der Waals surface area (Å²) in [4.78, 5) is 13.9. The number of methoxy groups -OCH3 is 1. The predicted octanol–water partition coefficient (Wildman–Crippen LogP) is -0.0143. The van der Waals surface area contributed by atoms with Gasteiger partial charge >= 0.3 is 5.97 Å². The molecule has 14 heavy (non-hydrogen) atoms. The summed E-state index contributed by atoms with van der Waals surface area (Å²) in [6, 6.07) is 0.542. The molecule has 2 fully saturated rings. The van der Waals surface area contributed by atoms with E-state index in [-0.39, 0.29) is 5.97 Å². The van der Waals surface area contributed by atoms with Crippen molar-refractivity contribution in [2.75, 3.05) is 27.2 Å². The Morgan fingerprint density at radius 1 is 1.57 bits per heavy atom. The molecule has 1 unspecified atom stereocenters. The summed E-state index contributed by atoms with van der Waals surface area (Å²) in [6.45, 7) is 1.74. The van der Waals surface area contributed by atoms with Gasteiger partial charge in [0.2, 0.25) is 0 Å². The number of likely N-dealkylation sites (tertiary alicyclic amines) is 1. The lowest BCUT2D eigenvalue weighted by Crippen LogP contribution is -2.55. The molecule has 0 aromatic carbocycles. The van der Waals surface area contributed by atoms with Gasteiger partial charge in [0, 0.05) is 19.1 Å². The van der Waals surface area contributed by atoms with Gasteiger partial charge in [-0.2, -0.15) is 0 Å². The molecule has 0 aromatic rings. The molecule has 1 atom stereocenters. The quantitative estimate of drug-likeness (QED) is 0.647. The molecule has 0 bridgehead atoms. The molecule has 1 N–H and O–H groups in total. The fourth-order valence-electron chi connectivity index (χ4n) is 2.16. The molecule has 2 aliphatic rings. The second kappa shape index (κ2) is 3.51. The Kier molecular flexibility index (Phi) is 2.49. The van der Waals surface area contributed by atoms with Crippen molar-refractivity contribution < 1.29 is 9.53 Å². The van der Waals surface area contributed by atoms with Gasteiger partial charge in [-0.05, 0) is 26.3 Å². The molecule has 0 spiro atoms. The molecule has 0 radical (unpaired) electrons. The number of ether oxygens (including phenoxy) is 1. The van der Waals surface area contributed by atoms with Crippen LogP contribution in [0.3, 0.4) is 0 Å². The number of likely N-dealkylation sites (N-methyl/N-ethyl adjacent to an activating group) is 1. The summed E-state index contributed by atoms with van der Waals surface area (Å²) in [5.74, 6) is -0.103. The number of rotatable bonds is 3. The largest absolute Gasteiger partial charge is 0.468 e. The maximum Gasteiger partial charge on any atom is 0.327 e. The number of hydrogen-bond acceptors (Lipinski definition) is 4. The van der Waals surface area contributed by atoms with Crippen molar-refractivity contribution in [2.24, 2.45) is 0 Å². The van der Waals surface area contributed by atoms with Crippen LogP contribution in [-0.4, -0.2) is 49.7 Å². The number of esters is 1. The average Bonchev–Trinajstić information content (AvgIpc) is 2.89. The third-order valence-electron chi connectivity index (χ3n) is 3.09. The maximum absolute atomic E-state index is 11.7. The average molecular weight is 198 g/mol. The van der Waals surface area contributed by atoms with Gasteiger partial charge in [0.05, 0.1) is 7.11 Å². The van der Waals surface area contributed by atoms with Crippen LogP contribution in [0.5, 0.6) is 0 Å². The number of nitrogens with one attached hydrogen (secondary N) is 1. The van der Waals surface area contributed by atoms with Crippen molar-refractivity contribution in [1.29, 1.82) is 0 Å². The van der Waals surface area contributed by atoms with Gasteiger partial charge in [-0.3, -0.25) is 10.1 Å². The standard InChI is InChI=1S/C10H18N2O2/c1-12-6-5-10(7-12,9(13)14-2)11-8-3-4-8/h8,11H,3-7H2,1-2H3. The van der Waals surface area contributed by atoms with E-state index in [2.05, 4.69) is 10.2 Å². The SMILES string of the molecule is COC(=O)C1(NC2CC2)CCN(C)C1. The Labute approximate surface area is 84.6 Å². The highest BCUT2D eigenvalue weighted by atomic mass is 16.5. The first-order valence-electron chi connectivity index (χ1n) is 5.21. The molecule has 2 rings (SSSR count). The zero-order chi connectivity index (χ0) is 10.2. The third-order valence-corrected chi connectivity index (χ3v) is 3.09. The lowest BCUT2D eigenvalue weighted by Gasteiger charge is -2.27. The Hall–Kier alpha value is -0.610. The van der Waals surface area contributed by atoms with Crippen molar-refractivity contribution >= 4 is 5.97 Å². The summed E-state index contributed by atoms with van der Waals surface area (Å²) in [7, 11) is 3.51. The minimum Gasteiger partial charge on any atom is -0.468 e. The highest BCUT2D eigenvalue weighted by molar-refractivity contribution is 5.81. The van der Waals surface area contributed by atoms with Crippen molar-refractivity contribution in [3.05, 3.63) is 0 Å². The van der Waals surface area contributed by atoms with Crippen LogP contribution in [0.4, 0.5) is 0 Å². The summed E-state index contributed by atoms with van der Waals surface area (Å²) in [6.07, 6.45) is 3.26. The van der Waals surface area contributed by atoms with Crippen LogP contribution in [0.1, 0.15) is 19.3 Å². The van der Waals surface area contributed by atoms with Crippen LogP contribution in [0.2, 0.25) is 0 Å². The summed E-state index contributed by atoms with van der Waals surface area (Å²) < 4.78 is 4.89. The van der Waals surface area contributed by atoms with Crippen LogP contribution in [0.25, 0.3) is 0 Å². The smallest absolute Gasteiger partial charge is 0.327 e. The molecule has 1 aliphatic carbocycles. The van der Waals surface area contributed by atoms with Crippen molar-refractivity contribution in [1.82, 2.24) is 10.2 Å². The molecule has 0 amide bonds. The van der Waals surface area contributed by atoms with Crippen LogP contribution in [-0.2, 0) is 9.53 Å². The topological polar surface area (TPSA) is 41.6 Å². The zero-order valence-electron chi connectivity index (χ0n) is 8.88. The number of hydrogen-bond donors (Lipinski definition) is 1. The normalized spacial score (nSPS) is 33.3. The maximum atomic E-state index is 11.7. The fraction of sp³-hybridized carbons (Fsp3) is 0.900. The summed E-state index contributed by atoms with van der Waals surface area (Å²) >= 11 is 0. The van der Waals surface area contributed by atoms with E-state index in [0.29, 0.717) is 6.04 Å². The molecule has 4 nitrogen and oxygen atoms in total. The molecule has 1 saturated heterocycles. The summed E-state index contributed by atoms with van der Waals surface area (Å²) in [5.41, 5.74) is -0.426. The number of carbonyl (C=O) groups is 1.